The zero-order valence-corrected chi connectivity index (χ0v) is 20.2. The average Bonchev–Trinajstić information content (AvgIpc) is 3.18. The number of hydrogen-bond acceptors (Lipinski definition) is 4. The molecule has 7 nitrogen and oxygen atoms in total. The molecule has 1 unspecified atom stereocenters. The van der Waals surface area contributed by atoms with E-state index in [1.807, 2.05) is 24.3 Å². The highest BCUT2D eigenvalue weighted by Crippen LogP contribution is 2.44. The predicted molar refractivity (Wildman–Crippen MR) is 133 cm³/mol. The molecule has 3 N–H and O–H groups in total. The van der Waals surface area contributed by atoms with E-state index in [1.165, 1.54) is 22.3 Å². The van der Waals surface area contributed by atoms with E-state index in [0.29, 0.717) is 6.42 Å². The summed E-state index contributed by atoms with van der Waals surface area (Å²) < 4.78 is 5.70. The summed E-state index contributed by atoms with van der Waals surface area (Å²) in [5, 5.41) is 14.9. The van der Waals surface area contributed by atoms with Crippen molar-refractivity contribution in [3.63, 3.8) is 0 Å². The number of aliphatic carboxylic acids is 1. The highest BCUT2D eigenvalue weighted by atomic mass is 16.5. The third-order valence-corrected chi connectivity index (χ3v) is 7.39. The standard InChI is InChI=1S/C28H34N2O5/c1-2-18(27(32)33)16-29-26(31)15-19-9-3-8-14-25(19)30-28(34)35-17-24-22-12-6-4-10-20(22)21-11-5-7-13-23(21)24/h4-7,10-13,18-19,24-25H,2-3,8-9,14-17H2,1H3,(H,29,31)(H,30,34)(H,32,33)/t18?,19-,25-/m1/s1. The molecule has 0 bridgehead atoms. The maximum absolute atomic E-state index is 12.8. The van der Waals surface area contributed by atoms with E-state index in [9.17, 15) is 19.5 Å². The monoisotopic (exact) mass is 478 g/mol. The molecular formula is C28H34N2O5. The molecule has 0 aliphatic heterocycles. The Balaban J connectivity index is 1.32. The van der Waals surface area contributed by atoms with Crippen molar-refractivity contribution < 1.29 is 24.2 Å². The fourth-order valence-corrected chi connectivity index (χ4v) is 5.39. The van der Waals surface area contributed by atoms with Gasteiger partial charge in [-0.25, -0.2) is 4.79 Å². The number of ether oxygens (including phenoxy) is 1. The molecule has 0 saturated heterocycles. The third kappa shape index (κ3) is 5.84. The third-order valence-electron chi connectivity index (χ3n) is 7.39. The van der Waals surface area contributed by atoms with Crippen LogP contribution in [0.5, 0.6) is 0 Å². The van der Waals surface area contributed by atoms with Crippen LogP contribution in [0.2, 0.25) is 0 Å². The molecule has 35 heavy (non-hydrogen) atoms. The molecule has 0 aromatic heterocycles. The van der Waals surface area contributed by atoms with E-state index in [1.54, 1.807) is 6.92 Å². The molecular weight excluding hydrogens is 444 g/mol. The van der Waals surface area contributed by atoms with Crippen molar-refractivity contribution in [3.8, 4) is 11.1 Å². The number of benzene rings is 2. The predicted octanol–water partition coefficient (Wildman–Crippen LogP) is 4.70. The fourth-order valence-electron chi connectivity index (χ4n) is 5.39. The second kappa shape index (κ2) is 11.4. The normalized spacial score (nSPS) is 19.8. The van der Waals surface area contributed by atoms with Crippen molar-refractivity contribution in [2.75, 3.05) is 13.2 Å². The van der Waals surface area contributed by atoms with Crippen molar-refractivity contribution in [2.45, 2.75) is 57.4 Å². The lowest BCUT2D eigenvalue weighted by Crippen LogP contribution is -2.44. The summed E-state index contributed by atoms with van der Waals surface area (Å²) >= 11 is 0. The highest BCUT2D eigenvalue weighted by Gasteiger charge is 2.31. The van der Waals surface area contributed by atoms with Crippen molar-refractivity contribution in [2.24, 2.45) is 11.8 Å². The molecule has 7 heteroatoms. The highest BCUT2D eigenvalue weighted by molar-refractivity contribution is 5.79. The van der Waals surface area contributed by atoms with Gasteiger partial charge in [-0.1, -0.05) is 68.3 Å². The Bertz CT molecular complexity index is 1020. The largest absolute Gasteiger partial charge is 0.481 e. The van der Waals surface area contributed by atoms with Crippen LogP contribution in [0.25, 0.3) is 11.1 Å². The average molecular weight is 479 g/mol. The van der Waals surface area contributed by atoms with E-state index in [-0.39, 0.29) is 43.4 Å². The van der Waals surface area contributed by atoms with Gasteiger partial charge in [0, 0.05) is 24.9 Å². The number of fused-ring (bicyclic) bond motifs is 3. The number of carboxylic acid groups (broad SMARTS) is 1. The van der Waals surface area contributed by atoms with Gasteiger partial charge in [-0.2, -0.15) is 0 Å². The number of amides is 2. The quantitative estimate of drug-likeness (QED) is 0.485. The van der Waals surface area contributed by atoms with Crippen LogP contribution in [0, 0.1) is 11.8 Å². The van der Waals surface area contributed by atoms with Crippen LogP contribution in [0.3, 0.4) is 0 Å². The van der Waals surface area contributed by atoms with Crippen LogP contribution >= 0.6 is 0 Å². The molecule has 1 saturated carbocycles. The summed E-state index contributed by atoms with van der Waals surface area (Å²) in [6.07, 6.45) is 3.92. The molecule has 0 spiro atoms. The first-order valence-corrected chi connectivity index (χ1v) is 12.6. The fraction of sp³-hybridized carbons (Fsp3) is 0.464. The van der Waals surface area contributed by atoms with E-state index < -0.39 is 18.0 Å². The molecule has 2 aromatic carbocycles. The summed E-state index contributed by atoms with van der Waals surface area (Å²) in [6, 6.07) is 16.3. The second-order valence-corrected chi connectivity index (χ2v) is 9.57. The Kier molecular flexibility index (Phi) is 8.06. The molecule has 3 atom stereocenters. The molecule has 2 aliphatic rings. The molecule has 2 amide bonds. The van der Waals surface area contributed by atoms with Crippen LogP contribution in [0.1, 0.15) is 62.5 Å². The Morgan fingerprint density at radius 3 is 2.26 bits per heavy atom. The van der Waals surface area contributed by atoms with E-state index in [4.69, 9.17) is 4.74 Å². The van der Waals surface area contributed by atoms with Crippen LogP contribution in [-0.4, -0.2) is 42.3 Å². The van der Waals surface area contributed by atoms with Crippen molar-refractivity contribution in [1.82, 2.24) is 10.6 Å². The minimum absolute atomic E-state index is 0.00169. The lowest BCUT2D eigenvalue weighted by atomic mass is 9.82. The van der Waals surface area contributed by atoms with Crippen LogP contribution < -0.4 is 10.6 Å². The molecule has 2 aromatic rings. The zero-order chi connectivity index (χ0) is 24.8. The first kappa shape index (κ1) is 24.8. The van der Waals surface area contributed by atoms with Gasteiger partial charge in [0.25, 0.3) is 0 Å². The minimum atomic E-state index is -0.903. The lowest BCUT2D eigenvalue weighted by Gasteiger charge is -2.31. The smallest absolute Gasteiger partial charge is 0.407 e. The van der Waals surface area contributed by atoms with Gasteiger partial charge in [0.2, 0.25) is 5.91 Å². The summed E-state index contributed by atoms with van der Waals surface area (Å²) in [5.41, 5.74) is 4.70. The Morgan fingerprint density at radius 2 is 1.63 bits per heavy atom. The first-order valence-electron chi connectivity index (χ1n) is 12.6. The number of rotatable bonds is 9. The summed E-state index contributed by atoms with van der Waals surface area (Å²) in [4.78, 5) is 36.4. The molecule has 1 fully saturated rings. The maximum Gasteiger partial charge on any atom is 0.407 e. The van der Waals surface area contributed by atoms with E-state index >= 15 is 0 Å². The van der Waals surface area contributed by atoms with Gasteiger partial charge in [-0.3, -0.25) is 9.59 Å². The van der Waals surface area contributed by atoms with Gasteiger partial charge in [0.05, 0.1) is 5.92 Å². The summed E-state index contributed by atoms with van der Waals surface area (Å²) in [6.45, 7) is 2.17. The molecule has 2 aliphatic carbocycles. The van der Waals surface area contributed by atoms with Crippen molar-refractivity contribution in [3.05, 3.63) is 59.7 Å². The summed E-state index contributed by atoms with van der Waals surface area (Å²) in [7, 11) is 0. The number of carbonyl (C=O) groups is 3. The molecule has 0 heterocycles. The molecule has 0 radical (unpaired) electrons. The van der Waals surface area contributed by atoms with Gasteiger partial charge in [-0.05, 0) is 47.4 Å². The first-order chi connectivity index (χ1) is 17.0. The van der Waals surface area contributed by atoms with Gasteiger partial charge < -0.3 is 20.5 Å². The number of carboxylic acids is 1. The van der Waals surface area contributed by atoms with E-state index in [2.05, 4.69) is 34.9 Å². The Hall–Kier alpha value is -3.35. The second-order valence-electron chi connectivity index (χ2n) is 9.57. The van der Waals surface area contributed by atoms with Gasteiger partial charge >= 0.3 is 12.1 Å². The Morgan fingerprint density at radius 1 is 1.00 bits per heavy atom. The number of carbonyl (C=O) groups excluding carboxylic acids is 2. The maximum atomic E-state index is 12.8. The van der Waals surface area contributed by atoms with Crippen LogP contribution in [-0.2, 0) is 14.3 Å². The number of nitrogens with one attached hydrogen (secondary N) is 2. The van der Waals surface area contributed by atoms with Crippen LogP contribution in [0.15, 0.2) is 48.5 Å². The van der Waals surface area contributed by atoms with E-state index in [0.717, 1.165) is 25.7 Å². The Labute approximate surface area is 206 Å². The van der Waals surface area contributed by atoms with Gasteiger partial charge in [-0.15, -0.1) is 0 Å². The molecule has 4 rings (SSSR count). The lowest BCUT2D eigenvalue weighted by molar-refractivity contribution is -0.141. The minimum Gasteiger partial charge on any atom is -0.481 e. The SMILES string of the molecule is CCC(CNC(=O)C[C@H]1CCCC[C@H]1NC(=O)OCC1c2ccccc2-c2ccccc21)C(=O)O. The van der Waals surface area contributed by atoms with Gasteiger partial charge in [0.1, 0.15) is 6.61 Å². The number of hydrogen-bond donors (Lipinski definition) is 3. The number of alkyl carbamates (subject to hydrolysis) is 1. The van der Waals surface area contributed by atoms with Crippen molar-refractivity contribution in [1.29, 1.82) is 0 Å². The zero-order valence-electron chi connectivity index (χ0n) is 20.2. The van der Waals surface area contributed by atoms with Crippen LogP contribution in [0.4, 0.5) is 4.79 Å². The van der Waals surface area contributed by atoms with Crippen molar-refractivity contribution >= 4 is 18.0 Å². The van der Waals surface area contributed by atoms with Gasteiger partial charge in [0.15, 0.2) is 0 Å². The molecule has 186 valence electrons. The summed E-state index contributed by atoms with van der Waals surface area (Å²) in [5.74, 6) is -1.65. The topological polar surface area (TPSA) is 105 Å².